The molecule has 0 aromatic heterocycles. The highest BCUT2D eigenvalue weighted by atomic mass is 32.2. The molecular weight excluding hydrogens is 238 g/mol. The minimum Gasteiger partial charge on any atom is -0.381 e. The second-order valence-corrected chi connectivity index (χ2v) is 7.48. The molecule has 0 radical (unpaired) electrons. The second kappa shape index (κ2) is 7.34. The fraction of sp³-hybridized carbons (Fsp3) is 1.00. The third-order valence-electron chi connectivity index (χ3n) is 3.07. The van der Waals surface area contributed by atoms with E-state index in [1.54, 1.807) is 0 Å². The van der Waals surface area contributed by atoms with Crippen molar-refractivity contribution in [3.05, 3.63) is 0 Å². The van der Waals surface area contributed by atoms with Crippen LogP contribution in [0, 0.1) is 5.92 Å². The Hall–Kier alpha value is -0.130. The Morgan fingerprint density at radius 1 is 1.24 bits per heavy atom. The van der Waals surface area contributed by atoms with Crippen molar-refractivity contribution in [2.45, 2.75) is 39.2 Å². The van der Waals surface area contributed by atoms with Crippen LogP contribution in [-0.2, 0) is 14.6 Å². The van der Waals surface area contributed by atoms with Crippen LogP contribution in [0.4, 0.5) is 0 Å². The second-order valence-electron chi connectivity index (χ2n) is 5.18. The van der Waals surface area contributed by atoms with Gasteiger partial charge in [-0.1, -0.05) is 13.8 Å². The number of nitrogens with one attached hydrogen (secondary N) is 1. The summed E-state index contributed by atoms with van der Waals surface area (Å²) in [6.45, 7) is 6.26. The van der Waals surface area contributed by atoms with Crippen molar-refractivity contribution in [3.63, 3.8) is 0 Å². The number of ether oxygens (including phenoxy) is 1. The minimum absolute atomic E-state index is 0.261. The minimum atomic E-state index is -2.87. The molecule has 0 unspecified atom stereocenters. The highest BCUT2D eigenvalue weighted by Gasteiger charge is 2.15. The maximum absolute atomic E-state index is 11.7. The average molecular weight is 263 g/mol. The molecule has 1 saturated heterocycles. The standard InChI is InChI=1S/C12H25NO3S/c1-11(2)5-9-17(14,15)10-6-13-12-3-7-16-8-4-12/h11-13H,3-10H2,1-2H3. The van der Waals surface area contributed by atoms with Gasteiger partial charge in [-0.15, -0.1) is 0 Å². The zero-order chi connectivity index (χ0) is 12.7. The van der Waals surface area contributed by atoms with E-state index in [9.17, 15) is 8.42 Å². The molecule has 1 fully saturated rings. The van der Waals surface area contributed by atoms with E-state index >= 15 is 0 Å². The van der Waals surface area contributed by atoms with E-state index < -0.39 is 9.84 Å². The maximum atomic E-state index is 11.7. The first-order valence-electron chi connectivity index (χ1n) is 6.51. The van der Waals surface area contributed by atoms with Gasteiger partial charge in [0.05, 0.1) is 11.5 Å². The first kappa shape index (κ1) is 14.9. The molecule has 4 nitrogen and oxygen atoms in total. The zero-order valence-corrected chi connectivity index (χ0v) is 11.8. The highest BCUT2D eigenvalue weighted by molar-refractivity contribution is 7.91. The largest absolute Gasteiger partial charge is 0.381 e. The first-order valence-corrected chi connectivity index (χ1v) is 8.33. The summed E-state index contributed by atoms with van der Waals surface area (Å²) in [5.74, 6) is 1.03. The van der Waals surface area contributed by atoms with Gasteiger partial charge >= 0.3 is 0 Å². The van der Waals surface area contributed by atoms with Gasteiger partial charge in [0.2, 0.25) is 0 Å². The number of sulfone groups is 1. The zero-order valence-electron chi connectivity index (χ0n) is 10.9. The smallest absolute Gasteiger partial charge is 0.151 e. The van der Waals surface area contributed by atoms with Crippen molar-refractivity contribution in [3.8, 4) is 0 Å². The summed E-state index contributed by atoms with van der Waals surface area (Å²) in [5, 5.41) is 3.31. The molecule has 102 valence electrons. The van der Waals surface area contributed by atoms with Crippen molar-refractivity contribution < 1.29 is 13.2 Å². The summed E-state index contributed by atoms with van der Waals surface area (Å²) in [5.41, 5.74) is 0. The van der Waals surface area contributed by atoms with Crippen molar-refractivity contribution in [1.29, 1.82) is 0 Å². The van der Waals surface area contributed by atoms with Gasteiger partial charge < -0.3 is 10.1 Å². The Bertz CT molecular complexity index is 295. The number of hydrogen-bond acceptors (Lipinski definition) is 4. The van der Waals surface area contributed by atoms with Gasteiger partial charge in [-0.25, -0.2) is 8.42 Å². The molecule has 1 N–H and O–H groups in total. The Morgan fingerprint density at radius 3 is 2.47 bits per heavy atom. The van der Waals surface area contributed by atoms with Crippen LogP contribution in [0.2, 0.25) is 0 Å². The molecule has 5 heteroatoms. The predicted octanol–water partition coefficient (Wildman–Crippen LogP) is 1.22. The topological polar surface area (TPSA) is 55.4 Å². The van der Waals surface area contributed by atoms with Crippen LogP contribution in [-0.4, -0.2) is 45.7 Å². The molecule has 1 heterocycles. The molecule has 0 saturated carbocycles. The monoisotopic (exact) mass is 263 g/mol. The molecule has 0 aromatic rings. The summed E-state index contributed by atoms with van der Waals surface area (Å²) >= 11 is 0. The van der Waals surface area contributed by atoms with Crippen LogP contribution < -0.4 is 5.32 Å². The molecule has 0 atom stereocenters. The van der Waals surface area contributed by atoms with Crippen LogP contribution in [0.25, 0.3) is 0 Å². The van der Waals surface area contributed by atoms with E-state index in [2.05, 4.69) is 19.2 Å². The summed E-state index contributed by atoms with van der Waals surface area (Å²) in [4.78, 5) is 0. The lowest BCUT2D eigenvalue weighted by molar-refractivity contribution is 0.0785. The molecule has 0 amide bonds. The van der Waals surface area contributed by atoms with Crippen LogP contribution in [0.1, 0.15) is 33.1 Å². The molecule has 1 aliphatic rings. The average Bonchev–Trinajstić information content (AvgIpc) is 2.28. The molecule has 0 spiro atoms. The van der Waals surface area contributed by atoms with E-state index in [0.29, 0.717) is 24.3 Å². The molecule has 0 bridgehead atoms. The van der Waals surface area contributed by atoms with Crippen LogP contribution in [0.5, 0.6) is 0 Å². The Balaban J connectivity index is 2.15. The van der Waals surface area contributed by atoms with Crippen molar-refractivity contribution in [2.75, 3.05) is 31.3 Å². The molecule has 0 aliphatic carbocycles. The summed E-state index contributed by atoms with van der Waals surface area (Å²) < 4.78 is 28.7. The fourth-order valence-electron chi connectivity index (χ4n) is 1.84. The van der Waals surface area contributed by atoms with Crippen molar-refractivity contribution >= 4 is 9.84 Å². The van der Waals surface area contributed by atoms with Crippen LogP contribution in [0.3, 0.4) is 0 Å². The Kier molecular flexibility index (Phi) is 6.44. The highest BCUT2D eigenvalue weighted by Crippen LogP contribution is 2.06. The molecule has 1 aliphatic heterocycles. The van der Waals surface area contributed by atoms with E-state index in [1.165, 1.54) is 0 Å². The SMILES string of the molecule is CC(C)CCS(=O)(=O)CCNC1CCOCC1. The van der Waals surface area contributed by atoms with Gasteiger partial charge in [-0.3, -0.25) is 0 Å². The fourth-order valence-corrected chi connectivity index (χ4v) is 3.30. The van der Waals surface area contributed by atoms with Gasteiger partial charge in [-0.05, 0) is 25.2 Å². The van der Waals surface area contributed by atoms with E-state index in [-0.39, 0.29) is 5.75 Å². The third kappa shape index (κ3) is 7.01. The molecule has 17 heavy (non-hydrogen) atoms. The lowest BCUT2D eigenvalue weighted by Gasteiger charge is -2.23. The molecular formula is C12H25NO3S. The molecule has 0 aromatic carbocycles. The van der Waals surface area contributed by atoms with Gasteiger partial charge in [-0.2, -0.15) is 0 Å². The van der Waals surface area contributed by atoms with E-state index in [0.717, 1.165) is 32.5 Å². The van der Waals surface area contributed by atoms with E-state index in [1.807, 2.05) is 0 Å². The summed E-state index contributed by atoms with van der Waals surface area (Å²) in [6.07, 6.45) is 2.75. The predicted molar refractivity (Wildman–Crippen MR) is 70.0 cm³/mol. The molecule has 1 rings (SSSR count). The van der Waals surface area contributed by atoms with Crippen LogP contribution in [0.15, 0.2) is 0 Å². The lowest BCUT2D eigenvalue weighted by atomic mass is 10.1. The number of hydrogen-bond donors (Lipinski definition) is 1. The first-order chi connectivity index (χ1) is 7.99. The number of rotatable bonds is 7. The van der Waals surface area contributed by atoms with E-state index in [4.69, 9.17) is 4.74 Å². The quantitative estimate of drug-likeness (QED) is 0.750. The van der Waals surface area contributed by atoms with Gasteiger partial charge in [0.15, 0.2) is 9.84 Å². The van der Waals surface area contributed by atoms with Crippen LogP contribution >= 0.6 is 0 Å². The van der Waals surface area contributed by atoms with Gasteiger partial charge in [0, 0.05) is 25.8 Å². The van der Waals surface area contributed by atoms with Gasteiger partial charge in [0.1, 0.15) is 0 Å². The maximum Gasteiger partial charge on any atom is 0.151 e. The normalized spacial score (nSPS) is 18.8. The summed E-state index contributed by atoms with van der Waals surface area (Å²) in [7, 11) is -2.87. The van der Waals surface area contributed by atoms with Crippen molar-refractivity contribution in [2.24, 2.45) is 5.92 Å². The summed E-state index contributed by atoms with van der Waals surface area (Å²) in [6, 6.07) is 0.434. The lowest BCUT2D eigenvalue weighted by Crippen LogP contribution is -2.37. The Morgan fingerprint density at radius 2 is 1.88 bits per heavy atom. The Labute approximate surface area is 105 Å². The third-order valence-corrected chi connectivity index (χ3v) is 4.76. The van der Waals surface area contributed by atoms with Crippen molar-refractivity contribution in [1.82, 2.24) is 5.32 Å². The van der Waals surface area contributed by atoms with Gasteiger partial charge in [0.25, 0.3) is 0 Å².